The van der Waals surface area contributed by atoms with E-state index in [9.17, 15) is 33.7 Å². The second-order valence-electron chi connectivity index (χ2n) is 11.6. The Kier molecular flexibility index (Phi) is 50.9. The molecule has 8 atom stereocenters. The van der Waals surface area contributed by atoms with Gasteiger partial charge in [0, 0.05) is 5.92 Å². The molecule has 352 valence electrons. The van der Waals surface area contributed by atoms with Crippen LogP contribution >= 0.6 is 0 Å². The first kappa shape index (κ1) is 73.3. The van der Waals surface area contributed by atoms with Gasteiger partial charge in [0.15, 0.2) is 9.84 Å². The van der Waals surface area contributed by atoms with Crippen LogP contribution in [0, 0.1) is 29.6 Å². The van der Waals surface area contributed by atoms with Gasteiger partial charge < -0.3 is 0 Å². The van der Waals surface area contributed by atoms with Crippen molar-refractivity contribution in [1.82, 2.24) is 0 Å². The lowest BCUT2D eigenvalue weighted by Gasteiger charge is -2.14. The largest absolute Gasteiger partial charge is 0.270 e. The molecule has 8 rings (SSSR count). The Bertz CT molecular complexity index is 1150. The van der Waals surface area contributed by atoms with E-state index in [4.69, 9.17) is 4.18 Å². The average molecular weight is 894 g/mol. The van der Waals surface area contributed by atoms with E-state index in [1.54, 1.807) is 0 Å². The Labute approximate surface area is 354 Å². The molecule has 8 fully saturated rings. The molecule has 0 aromatic rings. The predicted molar refractivity (Wildman–Crippen MR) is 250 cm³/mol. The molecule has 0 amide bonds. The molecule has 0 spiro atoms. The summed E-state index contributed by atoms with van der Waals surface area (Å²) in [5.41, 5.74) is 0. The SMILES string of the molecule is C.C.C.C.CC.CC.CC.CC.CC.CC.CC.CC.O=S1(=O)CC2CC3CC2C1C3.O=S1(=O)CCCC1.O=S1(=O)CCCO1.O=S1(=O)OC2CC3CC2C1C3. The van der Waals surface area contributed by atoms with Crippen LogP contribution in [0.5, 0.6) is 0 Å². The molecule has 4 saturated carbocycles. The van der Waals surface area contributed by atoms with Gasteiger partial charge in [0.25, 0.3) is 20.2 Å². The summed E-state index contributed by atoms with van der Waals surface area (Å²) in [6.07, 6.45) is 8.83. The highest BCUT2D eigenvalue weighted by Crippen LogP contribution is 2.56. The lowest BCUT2D eigenvalue weighted by Crippen LogP contribution is -2.21. The Balaban J connectivity index is -0.0000000809. The van der Waals surface area contributed by atoms with E-state index in [0.717, 1.165) is 44.4 Å². The summed E-state index contributed by atoms with van der Waals surface area (Å²) in [4.78, 5) is 0. The summed E-state index contributed by atoms with van der Waals surface area (Å²) in [5.74, 6) is 4.46. The molecule has 4 aliphatic carbocycles. The maximum atomic E-state index is 11.5. The standard InChI is InChI=1S/C8H12O2S.C7H10O3S.C4H8O2S.C3H6O3S.8C2H6.4CH4/c9-11(10)4-6-1-5-2-7(6)8(11)3-5;8-11(9)7-3-4-1-5(7)6(2-4)10-11;5-7(6)3-1-2-4-7;4-7(5)3-1-2-6-7;8*1-2;;;;/h5-8H,1-4H2;4-7H,1-3H2;1-4H2;1-3H2;8*1-2H3;4*1H4. The summed E-state index contributed by atoms with van der Waals surface area (Å²) in [6.45, 7) is 32.4. The zero-order valence-corrected chi connectivity index (χ0v) is 39.5. The van der Waals surface area contributed by atoms with Crippen molar-refractivity contribution in [2.45, 2.75) is 215 Å². The number of rotatable bonds is 0. The highest BCUT2D eigenvalue weighted by atomic mass is 32.2. The summed E-state index contributed by atoms with van der Waals surface area (Å²) in [7, 11) is -11.4. The van der Waals surface area contributed by atoms with E-state index in [-0.39, 0.29) is 52.1 Å². The van der Waals surface area contributed by atoms with Crippen molar-refractivity contribution in [1.29, 1.82) is 0 Å². The average Bonchev–Trinajstić information content (AvgIpc) is 4.05. The third kappa shape index (κ3) is 23.5. The molecular weight excluding hydrogens is 793 g/mol. The first-order chi connectivity index (χ1) is 24.7. The number of hydrogen-bond donors (Lipinski definition) is 0. The van der Waals surface area contributed by atoms with Crippen molar-refractivity contribution in [2.75, 3.05) is 29.6 Å². The van der Waals surface area contributed by atoms with Crippen molar-refractivity contribution in [3.05, 3.63) is 0 Å². The third-order valence-corrected chi connectivity index (χ3v) is 16.4. The molecule has 14 heteroatoms. The molecule has 8 unspecified atom stereocenters. The molecule has 8 aliphatic rings. The molecule has 0 aromatic carbocycles. The molecule has 0 aromatic heterocycles. The Morgan fingerprint density at radius 3 is 1.11 bits per heavy atom. The summed E-state index contributed by atoms with van der Waals surface area (Å²) < 4.78 is 96.1. The maximum absolute atomic E-state index is 11.5. The maximum Gasteiger partial charge on any atom is 0.270 e. The molecule has 4 bridgehead atoms. The van der Waals surface area contributed by atoms with E-state index in [1.165, 1.54) is 12.8 Å². The molecule has 0 N–H and O–H groups in total. The van der Waals surface area contributed by atoms with Gasteiger partial charge in [-0.15, -0.1) is 0 Å². The van der Waals surface area contributed by atoms with E-state index in [1.807, 2.05) is 111 Å². The topological polar surface area (TPSA) is 155 Å². The zero-order valence-electron chi connectivity index (χ0n) is 36.2. The van der Waals surface area contributed by atoms with Crippen LogP contribution in [-0.2, 0) is 48.3 Å². The van der Waals surface area contributed by atoms with E-state index in [2.05, 4.69) is 4.18 Å². The normalized spacial score (nSPS) is 30.3. The molecular formula is C42H100O10S4. The van der Waals surface area contributed by atoms with Gasteiger partial charge in [-0.3, -0.25) is 8.37 Å². The first-order valence-corrected chi connectivity index (χ1v) is 27.5. The molecule has 4 aliphatic heterocycles. The van der Waals surface area contributed by atoms with Crippen LogP contribution < -0.4 is 0 Å². The second kappa shape index (κ2) is 38.9. The molecule has 0 radical (unpaired) electrons. The van der Waals surface area contributed by atoms with E-state index in [0.29, 0.717) is 54.0 Å². The number of fused-ring (bicyclic) bond motifs is 2. The Hall–Kier alpha value is -0.280. The van der Waals surface area contributed by atoms with E-state index >= 15 is 0 Å². The zero-order chi connectivity index (χ0) is 41.9. The fraction of sp³-hybridized carbons (Fsp3) is 1.00. The highest BCUT2D eigenvalue weighted by Gasteiger charge is 2.59. The van der Waals surface area contributed by atoms with Crippen LogP contribution in [0.3, 0.4) is 0 Å². The van der Waals surface area contributed by atoms with Crippen LogP contribution in [0.25, 0.3) is 0 Å². The Morgan fingerprint density at radius 1 is 0.446 bits per heavy atom. The van der Waals surface area contributed by atoms with Gasteiger partial charge in [-0.2, -0.15) is 16.8 Å². The van der Waals surface area contributed by atoms with Crippen molar-refractivity contribution >= 4 is 39.9 Å². The highest BCUT2D eigenvalue weighted by molar-refractivity contribution is 7.92. The van der Waals surface area contributed by atoms with Gasteiger partial charge in [-0.25, -0.2) is 16.8 Å². The molecule has 56 heavy (non-hydrogen) atoms. The third-order valence-electron chi connectivity index (χ3n) is 9.08. The second-order valence-corrected chi connectivity index (χ2v) is 19.7. The Morgan fingerprint density at radius 2 is 0.857 bits per heavy atom. The molecule has 4 heterocycles. The minimum absolute atomic E-state index is 0. The quantitative estimate of drug-likeness (QED) is 0.215. The van der Waals surface area contributed by atoms with Crippen LogP contribution in [0.1, 0.15) is 198 Å². The van der Waals surface area contributed by atoms with Gasteiger partial charge in [-0.1, -0.05) is 140 Å². The number of sulfone groups is 2. The van der Waals surface area contributed by atoms with Gasteiger partial charge in [0.2, 0.25) is 0 Å². The first-order valence-electron chi connectivity index (χ1n) is 21.0. The smallest absolute Gasteiger partial charge is 0.270 e. The van der Waals surface area contributed by atoms with Gasteiger partial charge >= 0.3 is 0 Å². The van der Waals surface area contributed by atoms with Gasteiger partial charge in [0.1, 0.15) is 9.84 Å². The predicted octanol–water partition coefficient (Wildman–Crippen LogP) is 12.0. The van der Waals surface area contributed by atoms with Crippen molar-refractivity contribution < 1.29 is 42.0 Å². The lowest BCUT2D eigenvalue weighted by molar-refractivity contribution is 0.196. The summed E-state index contributed by atoms with van der Waals surface area (Å²) >= 11 is 0. The van der Waals surface area contributed by atoms with Crippen molar-refractivity contribution in [2.24, 2.45) is 29.6 Å². The minimum atomic E-state index is -3.13. The number of hydrogen-bond acceptors (Lipinski definition) is 10. The summed E-state index contributed by atoms with van der Waals surface area (Å²) in [5, 5.41) is -0.0440. The van der Waals surface area contributed by atoms with Gasteiger partial charge in [0.05, 0.1) is 46.2 Å². The molecule has 4 saturated heterocycles. The van der Waals surface area contributed by atoms with E-state index < -0.39 is 39.9 Å². The fourth-order valence-electron chi connectivity index (χ4n) is 7.59. The van der Waals surface area contributed by atoms with Gasteiger partial charge in [-0.05, 0) is 81.5 Å². The van der Waals surface area contributed by atoms with Crippen molar-refractivity contribution in [3.8, 4) is 0 Å². The van der Waals surface area contributed by atoms with Crippen LogP contribution in [0.2, 0.25) is 0 Å². The van der Waals surface area contributed by atoms with Crippen LogP contribution in [0.15, 0.2) is 0 Å². The van der Waals surface area contributed by atoms with Crippen LogP contribution in [0.4, 0.5) is 0 Å². The lowest BCUT2D eigenvalue weighted by atomic mass is 9.91. The monoisotopic (exact) mass is 893 g/mol. The minimum Gasteiger partial charge on any atom is -0.270 e. The fourth-order valence-corrected chi connectivity index (χ4v) is 14.6. The molecule has 10 nitrogen and oxygen atoms in total. The van der Waals surface area contributed by atoms with Crippen molar-refractivity contribution in [3.63, 3.8) is 0 Å². The van der Waals surface area contributed by atoms with Crippen LogP contribution in [-0.4, -0.2) is 79.9 Å². The summed E-state index contributed by atoms with van der Waals surface area (Å²) in [6, 6.07) is 0.